The first-order valence-electron chi connectivity index (χ1n) is 5.18. The molecule has 94 valence electrons. The Kier molecular flexibility index (Phi) is 4.68. The van der Waals surface area contributed by atoms with Gasteiger partial charge < -0.3 is 10.4 Å². The molecule has 0 saturated carbocycles. The summed E-state index contributed by atoms with van der Waals surface area (Å²) in [5, 5.41) is 15.6. The number of carboxylic acids is 1. The van der Waals surface area contributed by atoms with Crippen LogP contribution < -0.4 is 10.9 Å². The number of nitrogens with zero attached hydrogens (tertiary/aromatic N) is 2. The SMILES string of the molecule is CCCC(Nc1cnn(C)c(=O)c1Br)C(=O)O. The van der Waals surface area contributed by atoms with Crippen molar-refractivity contribution in [3.05, 3.63) is 21.0 Å². The summed E-state index contributed by atoms with van der Waals surface area (Å²) in [5.41, 5.74) is 0.0876. The van der Waals surface area contributed by atoms with Crippen LogP contribution in [-0.2, 0) is 11.8 Å². The number of rotatable bonds is 5. The lowest BCUT2D eigenvalue weighted by atomic mass is 10.1. The molecule has 0 amide bonds. The average Bonchev–Trinajstić information content (AvgIpc) is 2.28. The summed E-state index contributed by atoms with van der Waals surface area (Å²) < 4.78 is 1.46. The first-order chi connectivity index (χ1) is 7.97. The van der Waals surface area contributed by atoms with Crippen molar-refractivity contribution >= 4 is 27.6 Å². The number of hydrogen-bond donors (Lipinski definition) is 2. The zero-order valence-corrected chi connectivity index (χ0v) is 11.2. The monoisotopic (exact) mass is 303 g/mol. The number of carbonyl (C=O) groups is 1. The number of aryl methyl sites for hydroxylation is 1. The predicted molar refractivity (Wildman–Crippen MR) is 67.1 cm³/mol. The summed E-state index contributed by atoms with van der Waals surface area (Å²) in [7, 11) is 1.53. The van der Waals surface area contributed by atoms with E-state index in [1.807, 2.05) is 6.92 Å². The van der Waals surface area contributed by atoms with Crippen LogP contribution in [0.15, 0.2) is 15.5 Å². The molecular formula is C10H14BrN3O3. The highest BCUT2D eigenvalue weighted by molar-refractivity contribution is 9.10. The molecule has 0 aliphatic rings. The molecule has 0 saturated heterocycles. The highest BCUT2D eigenvalue weighted by Gasteiger charge is 2.18. The van der Waals surface area contributed by atoms with E-state index < -0.39 is 12.0 Å². The summed E-state index contributed by atoms with van der Waals surface area (Å²) in [6.07, 6.45) is 2.65. The van der Waals surface area contributed by atoms with Gasteiger partial charge in [-0.25, -0.2) is 9.48 Å². The van der Waals surface area contributed by atoms with Crippen molar-refractivity contribution in [2.75, 3.05) is 5.32 Å². The summed E-state index contributed by atoms with van der Waals surface area (Å²) in [6, 6.07) is -0.717. The molecule has 1 rings (SSSR count). The Morgan fingerprint density at radius 1 is 1.71 bits per heavy atom. The second kappa shape index (κ2) is 5.81. The van der Waals surface area contributed by atoms with E-state index in [-0.39, 0.29) is 10.0 Å². The molecule has 7 heteroatoms. The van der Waals surface area contributed by atoms with Crippen LogP contribution in [0.4, 0.5) is 5.69 Å². The van der Waals surface area contributed by atoms with E-state index in [0.717, 1.165) is 6.42 Å². The first-order valence-corrected chi connectivity index (χ1v) is 5.97. The Morgan fingerprint density at radius 3 is 2.88 bits per heavy atom. The molecular weight excluding hydrogens is 290 g/mol. The molecule has 0 fully saturated rings. The van der Waals surface area contributed by atoms with Crippen LogP contribution >= 0.6 is 15.9 Å². The molecule has 1 unspecified atom stereocenters. The third kappa shape index (κ3) is 3.29. The average molecular weight is 304 g/mol. The quantitative estimate of drug-likeness (QED) is 0.854. The van der Waals surface area contributed by atoms with Gasteiger partial charge in [0, 0.05) is 7.05 Å². The molecule has 17 heavy (non-hydrogen) atoms. The zero-order valence-electron chi connectivity index (χ0n) is 9.61. The van der Waals surface area contributed by atoms with Crippen molar-refractivity contribution in [2.45, 2.75) is 25.8 Å². The highest BCUT2D eigenvalue weighted by Crippen LogP contribution is 2.18. The van der Waals surface area contributed by atoms with Gasteiger partial charge in [0.25, 0.3) is 5.56 Å². The molecule has 0 aliphatic heterocycles. The van der Waals surface area contributed by atoms with E-state index >= 15 is 0 Å². The van der Waals surface area contributed by atoms with Gasteiger partial charge in [0.2, 0.25) is 0 Å². The van der Waals surface area contributed by atoms with Crippen LogP contribution in [0.5, 0.6) is 0 Å². The molecule has 0 aromatic carbocycles. The van der Waals surface area contributed by atoms with Crippen LogP contribution in [-0.4, -0.2) is 26.9 Å². The maximum Gasteiger partial charge on any atom is 0.326 e. The number of hydrogen-bond acceptors (Lipinski definition) is 4. The fraction of sp³-hybridized carbons (Fsp3) is 0.500. The van der Waals surface area contributed by atoms with E-state index in [1.54, 1.807) is 0 Å². The number of aliphatic carboxylic acids is 1. The second-order valence-corrected chi connectivity index (χ2v) is 4.42. The van der Waals surface area contributed by atoms with E-state index in [2.05, 4.69) is 26.3 Å². The van der Waals surface area contributed by atoms with Crippen molar-refractivity contribution in [1.82, 2.24) is 9.78 Å². The number of carboxylic acid groups (broad SMARTS) is 1. The first kappa shape index (κ1) is 13.7. The van der Waals surface area contributed by atoms with Gasteiger partial charge in [0.1, 0.15) is 10.5 Å². The van der Waals surface area contributed by atoms with Crippen LogP contribution in [0.25, 0.3) is 0 Å². The lowest BCUT2D eigenvalue weighted by Gasteiger charge is -2.15. The van der Waals surface area contributed by atoms with Gasteiger partial charge >= 0.3 is 5.97 Å². The Morgan fingerprint density at radius 2 is 2.35 bits per heavy atom. The number of nitrogens with one attached hydrogen (secondary N) is 1. The zero-order chi connectivity index (χ0) is 13.0. The van der Waals surface area contributed by atoms with Gasteiger partial charge in [-0.1, -0.05) is 13.3 Å². The van der Waals surface area contributed by atoms with E-state index in [0.29, 0.717) is 12.1 Å². The maximum absolute atomic E-state index is 11.6. The van der Waals surface area contributed by atoms with Crippen molar-refractivity contribution in [3.8, 4) is 0 Å². The Bertz CT molecular complexity index is 472. The summed E-state index contributed by atoms with van der Waals surface area (Å²) >= 11 is 3.13. The standard InChI is InChI=1S/C10H14BrN3O3/c1-3-4-6(10(16)17)13-7-5-12-14(2)9(15)8(7)11/h5-6,13H,3-4H2,1-2H3,(H,16,17). The van der Waals surface area contributed by atoms with Gasteiger partial charge in [0.15, 0.2) is 0 Å². The molecule has 0 radical (unpaired) electrons. The largest absolute Gasteiger partial charge is 0.480 e. The fourth-order valence-corrected chi connectivity index (χ4v) is 1.82. The second-order valence-electron chi connectivity index (χ2n) is 3.62. The van der Waals surface area contributed by atoms with E-state index in [4.69, 9.17) is 5.11 Å². The van der Waals surface area contributed by atoms with Crippen molar-refractivity contribution in [3.63, 3.8) is 0 Å². The Hall–Kier alpha value is -1.37. The Labute approximate surface area is 107 Å². The van der Waals surface area contributed by atoms with Crippen molar-refractivity contribution in [2.24, 2.45) is 7.05 Å². The van der Waals surface area contributed by atoms with E-state index in [9.17, 15) is 9.59 Å². The van der Waals surface area contributed by atoms with Gasteiger partial charge in [-0.05, 0) is 22.4 Å². The van der Waals surface area contributed by atoms with Crippen molar-refractivity contribution in [1.29, 1.82) is 0 Å². The molecule has 0 aliphatic carbocycles. The third-order valence-corrected chi connectivity index (χ3v) is 3.05. The maximum atomic E-state index is 11.6. The van der Waals surface area contributed by atoms with Gasteiger partial charge in [-0.15, -0.1) is 0 Å². The summed E-state index contributed by atoms with van der Waals surface area (Å²) in [6.45, 7) is 1.90. The molecule has 1 atom stereocenters. The van der Waals surface area contributed by atoms with Crippen LogP contribution in [0.3, 0.4) is 0 Å². The molecule has 1 heterocycles. The summed E-state index contributed by atoms with van der Waals surface area (Å²) in [5.74, 6) is -0.945. The minimum Gasteiger partial charge on any atom is -0.480 e. The minimum absolute atomic E-state index is 0.289. The molecule has 0 bridgehead atoms. The topological polar surface area (TPSA) is 84.2 Å². The van der Waals surface area contributed by atoms with Crippen LogP contribution in [0.1, 0.15) is 19.8 Å². The molecule has 1 aromatic rings. The van der Waals surface area contributed by atoms with E-state index in [1.165, 1.54) is 17.9 Å². The Balaban J connectivity index is 2.98. The van der Waals surface area contributed by atoms with Crippen LogP contribution in [0, 0.1) is 0 Å². The minimum atomic E-state index is -0.945. The normalized spacial score (nSPS) is 12.2. The number of halogens is 1. The third-order valence-electron chi connectivity index (χ3n) is 2.28. The summed E-state index contributed by atoms with van der Waals surface area (Å²) in [4.78, 5) is 22.5. The predicted octanol–water partition coefficient (Wildman–Crippen LogP) is 1.21. The van der Waals surface area contributed by atoms with Gasteiger partial charge in [-0.2, -0.15) is 5.10 Å². The van der Waals surface area contributed by atoms with Crippen LogP contribution in [0.2, 0.25) is 0 Å². The fourth-order valence-electron chi connectivity index (χ4n) is 1.35. The van der Waals surface area contributed by atoms with Crippen molar-refractivity contribution < 1.29 is 9.90 Å². The highest BCUT2D eigenvalue weighted by atomic mass is 79.9. The molecule has 2 N–H and O–H groups in total. The smallest absolute Gasteiger partial charge is 0.326 e. The van der Waals surface area contributed by atoms with Gasteiger partial charge in [-0.3, -0.25) is 4.79 Å². The number of anilines is 1. The lowest BCUT2D eigenvalue weighted by Crippen LogP contribution is -2.31. The molecule has 0 spiro atoms. The molecule has 1 aromatic heterocycles. The molecule has 6 nitrogen and oxygen atoms in total. The van der Waals surface area contributed by atoms with Gasteiger partial charge in [0.05, 0.1) is 11.9 Å². The number of aromatic nitrogens is 2. The lowest BCUT2D eigenvalue weighted by molar-refractivity contribution is -0.138.